The molecule has 6 heteroatoms. The van der Waals surface area contributed by atoms with Crippen molar-refractivity contribution in [2.75, 3.05) is 0 Å². The fraction of sp³-hybridized carbons (Fsp3) is 0.0816. The summed E-state index contributed by atoms with van der Waals surface area (Å²) in [5.41, 5.74) is 11.4. The number of pyridine rings is 2. The molecule has 1 unspecified atom stereocenters. The number of nitrogens with zero attached hydrogens (tertiary/aromatic N) is 6. The van der Waals surface area contributed by atoms with Gasteiger partial charge in [-0.15, -0.1) is 0 Å². The summed E-state index contributed by atoms with van der Waals surface area (Å²) in [6.07, 6.45) is 14.2. The van der Waals surface area contributed by atoms with E-state index in [2.05, 4.69) is 144 Å². The van der Waals surface area contributed by atoms with Crippen LogP contribution < -0.4 is 0 Å². The van der Waals surface area contributed by atoms with E-state index in [-0.39, 0.29) is 0 Å². The highest BCUT2D eigenvalue weighted by atomic mass is 15.1. The van der Waals surface area contributed by atoms with E-state index < -0.39 is 0 Å². The summed E-state index contributed by atoms with van der Waals surface area (Å²) in [4.78, 5) is 25.5. The highest BCUT2D eigenvalue weighted by Crippen LogP contribution is 2.38. The minimum Gasteiger partial charge on any atom is -0.284 e. The predicted octanol–water partition coefficient (Wildman–Crippen LogP) is 11.7. The lowest BCUT2D eigenvalue weighted by molar-refractivity contribution is 0.571. The summed E-state index contributed by atoms with van der Waals surface area (Å²) in [6, 6.07) is 46.6. The van der Waals surface area contributed by atoms with Crippen molar-refractivity contribution in [2.45, 2.75) is 19.3 Å². The van der Waals surface area contributed by atoms with Gasteiger partial charge in [-0.05, 0) is 82.5 Å². The summed E-state index contributed by atoms with van der Waals surface area (Å²) in [6.45, 7) is 0. The molecule has 0 saturated carbocycles. The lowest BCUT2D eigenvalue weighted by atomic mass is 9.81. The van der Waals surface area contributed by atoms with Crippen LogP contribution in [0.25, 0.3) is 89.1 Å². The van der Waals surface area contributed by atoms with Gasteiger partial charge in [-0.3, -0.25) is 4.40 Å². The topological polar surface area (TPSA) is 68.9 Å². The Bertz CT molecular complexity index is 3080. The van der Waals surface area contributed by atoms with Crippen LogP contribution in [0.4, 0.5) is 0 Å². The molecule has 55 heavy (non-hydrogen) atoms. The molecule has 0 bridgehead atoms. The Kier molecular flexibility index (Phi) is 7.33. The number of benzene rings is 5. The third-order valence-electron chi connectivity index (χ3n) is 11.1. The number of fused-ring (bicyclic) bond motifs is 7. The Morgan fingerprint density at radius 1 is 0.527 bits per heavy atom. The normalized spacial score (nSPS) is 15.4. The van der Waals surface area contributed by atoms with Gasteiger partial charge in [-0.25, -0.2) is 24.9 Å². The molecule has 0 aliphatic heterocycles. The molecule has 0 N–H and O–H groups in total. The monoisotopic (exact) mass is 706 g/mol. The average Bonchev–Trinajstić information content (AvgIpc) is 3.65. The number of imidazole rings is 1. The lowest BCUT2D eigenvalue weighted by Crippen LogP contribution is -2.12. The van der Waals surface area contributed by atoms with Gasteiger partial charge in [0, 0.05) is 33.7 Å². The van der Waals surface area contributed by atoms with Crippen molar-refractivity contribution in [1.82, 2.24) is 29.3 Å². The van der Waals surface area contributed by atoms with Crippen molar-refractivity contribution in [3.63, 3.8) is 0 Å². The SMILES string of the molecule is C1=CC2=CC=C(c3nc(-c4ccc(-c5cccc(-c6nc7c(nc8ccccn87)c7ccccc67)c5)cc4)nc(-c4ccc5ccccc5c4)n3)CC2CC1. The van der Waals surface area contributed by atoms with Gasteiger partial charge in [0.2, 0.25) is 0 Å². The van der Waals surface area contributed by atoms with E-state index in [9.17, 15) is 0 Å². The van der Waals surface area contributed by atoms with Crippen LogP contribution in [0, 0.1) is 5.92 Å². The smallest absolute Gasteiger partial charge is 0.165 e. The van der Waals surface area contributed by atoms with Crippen LogP contribution in [-0.4, -0.2) is 29.3 Å². The largest absolute Gasteiger partial charge is 0.284 e. The lowest BCUT2D eigenvalue weighted by Gasteiger charge is -2.25. The van der Waals surface area contributed by atoms with Crippen LogP contribution in [0.5, 0.6) is 0 Å². The second-order valence-corrected chi connectivity index (χ2v) is 14.5. The molecule has 4 heterocycles. The van der Waals surface area contributed by atoms with Gasteiger partial charge in [0.05, 0.1) is 5.69 Å². The second kappa shape index (κ2) is 12.8. The molecule has 260 valence electrons. The van der Waals surface area contributed by atoms with Gasteiger partial charge in [-0.2, -0.15) is 0 Å². The third-order valence-corrected chi connectivity index (χ3v) is 11.1. The highest BCUT2D eigenvalue weighted by Gasteiger charge is 2.23. The van der Waals surface area contributed by atoms with E-state index in [1.54, 1.807) is 0 Å². The molecular formula is C49H34N6. The van der Waals surface area contributed by atoms with Gasteiger partial charge < -0.3 is 0 Å². The van der Waals surface area contributed by atoms with Gasteiger partial charge in [0.25, 0.3) is 0 Å². The molecular weight excluding hydrogens is 673 g/mol. The molecule has 1 atom stereocenters. The first-order valence-corrected chi connectivity index (χ1v) is 18.9. The third kappa shape index (κ3) is 5.53. The summed E-state index contributed by atoms with van der Waals surface area (Å²) in [5, 5.41) is 4.53. The molecule has 4 aromatic heterocycles. The van der Waals surface area contributed by atoms with Crippen LogP contribution in [0.2, 0.25) is 0 Å². The fourth-order valence-electron chi connectivity index (χ4n) is 8.24. The molecule has 0 amide bonds. The van der Waals surface area contributed by atoms with Crippen LogP contribution in [0.15, 0.2) is 170 Å². The summed E-state index contributed by atoms with van der Waals surface area (Å²) in [5.74, 6) is 2.60. The van der Waals surface area contributed by atoms with Gasteiger partial charge in [0.15, 0.2) is 23.1 Å². The summed E-state index contributed by atoms with van der Waals surface area (Å²) >= 11 is 0. The van der Waals surface area contributed by atoms with E-state index in [0.29, 0.717) is 17.6 Å². The summed E-state index contributed by atoms with van der Waals surface area (Å²) in [7, 11) is 0. The minimum absolute atomic E-state index is 0.499. The van der Waals surface area contributed by atoms with Crippen LogP contribution in [0.3, 0.4) is 0 Å². The maximum atomic E-state index is 5.24. The molecule has 9 aromatic rings. The molecule has 11 rings (SSSR count). The Hall–Kier alpha value is -7.05. The molecule has 0 saturated heterocycles. The zero-order valence-electron chi connectivity index (χ0n) is 30.0. The molecule has 0 radical (unpaired) electrons. The van der Waals surface area contributed by atoms with Crippen LogP contribution >= 0.6 is 0 Å². The van der Waals surface area contributed by atoms with Crippen molar-refractivity contribution >= 4 is 43.9 Å². The van der Waals surface area contributed by atoms with Crippen molar-refractivity contribution in [3.05, 3.63) is 175 Å². The summed E-state index contributed by atoms with van der Waals surface area (Å²) < 4.78 is 2.07. The van der Waals surface area contributed by atoms with E-state index in [0.717, 1.165) is 97.1 Å². The molecule has 0 fully saturated rings. The standard InChI is InChI=1S/C49H34N6/c1-3-12-35-29-39(25-21-31(35)10-1)47-52-46(53-48(54-47)40-26-22-32-11-2-4-13-36(32)30-40)34-23-19-33(20-24-34)37-14-9-15-38(28-37)44-41-16-5-6-17-42(41)45-49(51-44)55-27-8-7-18-43(55)50-45/h1-3,5-12,14-29,36H,4,13,30H2. The first kappa shape index (κ1) is 31.5. The van der Waals surface area contributed by atoms with Crippen LogP contribution in [-0.2, 0) is 0 Å². The van der Waals surface area contributed by atoms with Crippen LogP contribution in [0.1, 0.15) is 25.1 Å². The number of hydrogen-bond donors (Lipinski definition) is 0. The van der Waals surface area contributed by atoms with Crippen molar-refractivity contribution in [2.24, 2.45) is 5.92 Å². The van der Waals surface area contributed by atoms with E-state index in [4.69, 9.17) is 24.9 Å². The quantitative estimate of drug-likeness (QED) is 0.178. The molecule has 2 aliphatic carbocycles. The Balaban J connectivity index is 0.985. The maximum absolute atomic E-state index is 5.24. The number of allylic oxidation sites excluding steroid dienone is 6. The van der Waals surface area contributed by atoms with Crippen molar-refractivity contribution in [1.29, 1.82) is 0 Å². The first-order valence-electron chi connectivity index (χ1n) is 18.9. The number of rotatable bonds is 5. The Morgan fingerprint density at radius 3 is 2.18 bits per heavy atom. The highest BCUT2D eigenvalue weighted by molar-refractivity contribution is 6.09. The Morgan fingerprint density at radius 2 is 1.27 bits per heavy atom. The van der Waals surface area contributed by atoms with E-state index in [1.165, 1.54) is 11.0 Å². The molecule has 2 aliphatic rings. The average molecular weight is 707 g/mol. The minimum atomic E-state index is 0.499. The first-order chi connectivity index (χ1) is 27.2. The van der Waals surface area contributed by atoms with Gasteiger partial charge in [-0.1, -0.05) is 133 Å². The number of hydrogen-bond acceptors (Lipinski definition) is 5. The van der Waals surface area contributed by atoms with E-state index in [1.807, 2.05) is 24.4 Å². The molecule has 0 spiro atoms. The molecule has 5 aromatic carbocycles. The van der Waals surface area contributed by atoms with Gasteiger partial charge in [0.1, 0.15) is 11.2 Å². The fourth-order valence-corrected chi connectivity index (χ4v) is 8.24. The van der Waals surface area contributed by atoms with Crippen molar-refractivity contribution in [3.8, 4) is 45.2 Å². The molecule has 6 nitrogen and oxygen atoms in total. The Labute approximate surface area is 317 Å². The maximum Gasteiger partial charge on any atom is 0.165 e. The zero-order chi connectivity index (χ0) is 36.3. The zero-order valence-corrected chi connectivity index (χ0v) is 30.0. The van der Waals surface area contributed by atoms with Gasteiger partial charge >= 0.3 is 0 Å². The number of aromatic nitrogens is 6. The predicted molar refractivity (Wildman–Crippen MR) is 223 cm³/mol. The van der Waals surface area contributed by atoms with E-state index >= 15 is 0 Å². The second-order valence-electron chi connectivity index (χ2n) is 14.5. The van der Waals surface area contributed by atoms with Crippen molar-refractivity contribution < 1.29 is 0 Å².